The van der Waals surface area contributed by atoms with Crippen molar-refractivity contribution in [2.45, 2.75) is 24.2 Å². The third-order valence-electron chi connectivity index (χ3n) is 4.21. The van der Waals surface area contributed by atoms with Gasteiger partial charge in [0.25, 0.3) is 0 Å². The van der Waals surface area contributed by atoms with Gasteiger partial charge in [0.05, 0.1) is 21.6 Å². The summed E-state index contributed by atoms with van der Waals surface area (Å²) in [6.07, 6.45) is -11.3. The number of aromatic nitrogens is 2. The molecule has 31 heavy (non-hydrogen) atoms. The second-order valence-electron chi connectivity index (χ2n) is 6.27. The third-order valence-corrected chi connectivity index (χ3v) is 4.83. The number of hydrogen-bond donors (Lipinski definition) is 1. The van der Waals surface area contributed by atoms with Crippen LogP contribution in [-0.4, -0.2) is 22.1 Å². The maximum absolute atomic E-state index is 13.9. The van der Waals surface area contributed by atoms with Gasteiger partial charge < -0.3 is 4.98 Å². The number of hydrogen-bond acceptors (Lipinski definition) is 1. The van der Waals surface area contributed by atoms with Gasteiger partial charge in [0, 0.05) is 16.1 Å². The van der Waals surface area contributed by atoms with Crippen LogP contribution < -0.4 is 0 Å². The molecule has 0 saturated carbocycles. The lowest BCUT2D eigenvalue weighted by atomic mass is 10.0. The highest BCUT2D eigenvalue weighted by molar-refractivity contribution is 6.37. The lowest BCUT2D eigenvalue weighted by Gasteiger charge is -2.26. The van der Waals surface area contributed by atoms with E-state index >= 15 is 0 Å². The predicted octanol–water partition coefficient (Wildman–Crippen LogP) is 7.84. The molecule has 1 N–H and O–H groups in total. The highest BCUT2D eigenvalue weighted by atomic mass is 35.5. The largest absolute Gasteiger partial charge is 0.460 e. The average Bonchev–Trinajstić information content (AvgIpc) is 3.02. The molecule has 0 unspecified atom stereocenters. The normalized spacial score (nSPS) is 13.8. The van der Waals surface area contributed by atoms with Gasteiger partial charge in [-0.1, -0.05) is 29.3 Å². The molecule has 0 atom stereocenters. The smallest absolute Gasteiger partial charge is 0.337 e. The Morgan fingerprint density at radius 1 is 0.742 bits per heavy atom. The second-order valence-corrected chi connectivity index (χ2v) is 7.09. The predicted molar refractivity (Wildman–Crippen MR) is 91.4 cm³/mol. The Bertz CT molecular complexity index is 1150. The summed E-state index contributed by atoms with van der Waals surface area (Å²) in [5.74, 6) is -14.2. The zero-order valence-electron chi connectivity index (χ0n) is 14.4. The van der Waals surface area contributed by atoms with Crippen LogP contribution in [-0.2, 0) is 12.1 Å². The van der Waals surface area contributed by atoms with Gasteiger partial charge in [-0.05, 0) is 24.3 Å². The van der Waals surface area contributed by atoms with Gasteiger partial charge in [0.1, 0.15) is 0 Å². The molecule has 0 aliphatic carbocycles. The quantitative estimate of drug-likeness (QED) is 0.366. The van der Waals surface area contributed by atoms with Crippen LogP contribution >= 0.6 is 23.2 Å². The molecule has 3 aromatic rings. The Hall–Kier alpha value is -2.21. The van der Waals surface area contributed by atoms with E-state index < -0.39 is 51.6 Å². The monoisotopic (exact) mass is 498 g/mol. The number of halogens is 12. The van der Waals surface area contributed by atoms with Crippen molar-refractivity contribution in [3.8, 4) is 11.1 Å². The molecule has 0 bridgehead atoms. The summed E-state index contributed by atoms with van der Waals surface area (Å²) < 4.78 is 130. The molecule has 1 heterocycles. The first-order valence-corrected chi connectivity index (χ1v) is 8.61. The minimum Gasteiger partial charge on any atom is -0.337 e. The van der Waals surface area contributed by atoms with Gasteiger partial charge in [-0.25, -0.2) is 4.98 Å². The van der Waals surface area contributed by atoms with Crippen LogP contribution in [0.15, 0.2) is 30.3 Å². The minimum atomic E-state index is -6.56. The summed E-state index contributed by atoms with van der Waals surface area (Å²) in [6.45, 7) is 0. The van der Waals surface area contributed by atoms with Gasteiger partial charge in [0.2, 0.25) is 0 Å². The maximum Gasteiger partial charge on any atom is 0.460 e. The number of fused-ring (bicyclic) bond motifs is 1. The van der Waals surface area contributed by atoms with Gasteiger partial charge in [-0.2, -0.15) is 43.9 Å². The van der Waals surface area contributed by atoms with Gasteiger partial charge in [0.15, 0.2) is 5.82 Å². The molecular weight excluding hydrogens is 493 g/mol. The molecule has 1 aromatic heterocycles. The molecule has 0 saturated heterocycles. The van der Waals surface area contributed by atoms with Gasteiger partial charge in [-0.3, -0.25) is 0 Å². The highest BCUT2D eigenvalue weighted by Gasteiger charge is 2.74. The van der Waals surface area contributed by atoms with Crippen LogP contribution in [0.4, 0.5) is 43.9 Å². The lowest BCUT2D eigenvalue weighted by Crippen LogP contribution is -2.50. The molecule has 2 nitrogen and oxygen atoms in total. The van der Waals surface area contributed by atoms with Crippen molar-refractivity contribution in [2.75, 3.05) is 0 Å². The van der Waals surface area contributed by atoms with Crippen molar-refractivity contribution in [1.29, 1.82) is 0 Å². The van der Waals surface area contributed by atoms with Crippen LogP contribution in [0, 0.1) is 0 Å². The van der Waals surface area contributed by atoms with Crippen molar-refractivity contribution < 1.29 is 43.9 Å². The first-order valence-electron chi connectivity index (χ1n) is 7.86. The standard InChI is InChI=1S/C17H6Cl2F10N2/c18-9-3-6(15(22,23)24)1-2-7(9)8-4-11-12(5-10(8)19)31-13(30-11)14(20,21)16(25,26)17(27,28)29/h1-5H,(H,30,31). The number of alkyl halides is 10. The van der Waals surface area contributed by atoms with Crippen molar-refractivity contribution >= 4 is 34.2 Å². The number of aromatic amines is 1. The first-order chi connectivity index (χ1) is 14.0. The summed E-state index contributed by atoms with van der Waals surface area (Å²) >= 11 is 11.8. The van der Waals surface area contributed by atoms with Gasteiger partial charge >= 0.3 is 24.2 Å². The summed E-state index contributed by atoms with van der Waals surface area (Å²) in [6, 6.07) is 3.97. The summed E-state index contributed by atoms with van der Waals surface area (Å²) in [5.41, 5.74) is -2.18. The molecule has 0 aliphatic heterocycles. The maximum atomic E-state index is 13.9. The van der Waals surface area contributed by atoms with Crippen LogP contribution in [0.5, 0.6) is 0 Å². The fourth-order valence-electron chi connectivity index (χ4n) is 2.62. The van der Waals surface area contributed by atoms with Crippen molar-refractivity contribution in [2.24, 2.45) is 0 Å². The second kappa shape index (κ2) is 7.16. The minimum absolute atomic E-state index is 0.0786. The number of nitrogens with zero attached hydrogens (tertiary/aromatic N) is 1. The fourth-order valence-corrected chi connectivity index (χ4v) is 3.17. The molecule has 0 amide bonds. The Balaban J connectivity index is 2.12. The molecule has 0 fully saturated rings. The molecule has 0 spiro atoms. The first kappa shape index (κ1) is 23.5. The van der Waals surface area contributed by atoms with E-state index in [2.05, 4.69) is 4.98 Å². The van der Waals surface area contributed by atoms with E-state index in [-0.39, 0.29) is 16.1 Å². The van der Waals surface area contributed by atoms with E-state index in [1.54, 1.807) is 4.98 Å². The van der Waals surface area contributed by atoms with E-state index in [1.165, 1.54) is 0 Å². The SMILES string of the molecule is FC(F)(F)c1ccc(-c2cc3[nH]c(C(F)(F)C(F)(F)C(F)(F)F)nc3cc2Cl)c(Cl)c1. The van der Waals surface area contributed by atoms with Crippen LogP contribution in [0.2, 0.25) is 10.0 Å². The van der Waals surface area contributed by atoms with Crippen LogP contribution in [0.3, 0.4) is 0 Å². The van der Waals surface area contributed by atoms with E-state index in [9.17, 15) is 43.9 Å². The van der Waals surface area contributed by atoms with Gasteiger partial charge in [-0.15, -0.1) is 0 Å². The lowest BCUT2D eigenvalue weighted by molar-refractivity contribution is -0.361. The summed E-state index contributed by atoms with van der Waals surface area (Å²) in [7, 11) is 0. The third kappa shape index (κ3) is 3.91. The number of benzene rings is 2. The molecule has 168 valence electrons. The van der Waals surface area contributed by atoms with E-state index in [4.69, 9.17) is 23.2 Å². The van der Waals surface area contributed by atoms with Crippen molar-refractivity contribution in [1.82, 2.24) is 9.97 Å². The fraction of sp³-hybridized carbons (Fsp3) is 0.235. The van der Waals surface area contributed by atoms with Crippen LogP contribution in [0.25, 0.3) is 22.2 Å². The number of rotatable bonds is 3. The summed E-state index contributed by atoms with van der Waals surface area (Å²) in [5, 5.41) is -0.706. The molecule has 2 aromatic carbocycles. The topological polar surface area (TPSA) is 28.7 Å². The Morgan fingerprint density at radius 3 is 1.84 bits per heavy atom. The molecule has 0 aliphatic rings. The Kier molecular flexibility index (Phi) is 5.41. The number of nitrogens with one attached hydrogen (secondary N) is 1. The molecular formula is C17H6Cl2F10N2. The molecule has 14 heteroatoms. The number of H-pyrrole nitrogens is 1. The Labute approximate surface area is 175 Å². The van der Waals surface area contributed by atoms with E-state index in [0.29, 0.717) is 12.1 Å². The van der Waals surface area contributed by atoms with Crippen molar-refractivity contribution in [3.63, 3.8) is 0 Å². The molecule has 0 radical (unpaired) electrons. The summed E-state index contributed by atoms with van der Waals surface area (Å²) in [4.78, 5) is 4.76. The zero-order valence-corrected chi connectivity index (χ0v) is 15.9. The number of imidazole rings is 1. The molecule has 3 rings (SSSR count). The van der Waals surface area contributed by atoms with E-state index in [1.807, 2.05) is 0 Å². The average molecular weight is 499 g/mol. The zero-order chi connectivity index (χ0) is 23.6. The van der Waals surface area contributed by atoms with E-state index in [0.717, 1.165) is 18.2 Å². The highest BCUT2D eigenvalue weighted by Crippen LogP contribution is 2.51. The van der Waals surface area contributed by atoms with Crippen molar-refractivity contribution in [3.05, 3.63) is 51.8 Å². The Morgan fingerprint density at radius 2 is 1.32 bits per heavy atom. The van der Waals surface area contributed by atoms with Crippen LogP contribution in [0.1, 0.15) is 11.4 Å².